The standard InChI is InChI=1S/C25H23FN4O3S/c1-17(33-22-11-7-6-10-21(22)32-2)24-28-29-25(30(24)20-8-4-3-5-9-20)34-16-23(31)27-19-14-12-18(26)13-15-19/h3-15,17H,16H2,1-2H3,(H,27,31). The Kier molecular flexibility index (Phi) is 7.44. The number of halogens is 1. The average molecular weight is 479 g/mol. The van der Waals surface area contributed by atoms with Gasteiger partial charge in [-0.25, -0.2) is 4.39 Å². The largest absolute Gasteiger partial charge is 0.493 e. The quantitative estimate of drug-likeness (QED) is 0.330. The van der Waals surface area contributed by atoms with E-state index in [2.05, 4.69) is 15.5 Å². The van der Waals surface area contributed by atoms with Gasteiger partial charge >= 0.3 is 0 Å². The predicted octanol–water partition coefficient (Wildman–Crippen LogP) is 5.29. The van der Waals surface area contributed by atoms with Gasteiger partial charge in [-0.05, 0) is 55.5 Å². The summed E-state index contributed by atoms with van der Waals surface area (Å²) < 4.78 is 26.5. The number of carbonyl (C=O) groups is 1. The Morgan fingerprint density at radius 1 is 1.00 bits per heavy atom. The lowest BCUT2D eigenvalue weighted by atomic mass is 10.3. The van der Waals surface area contributed by atoms with Crippen LogP contribution in [0.2, 0.25) is 0 Å². The maximum atomic E-state index is 13.1. The summed E-state index contributed by atoms with van der Waals surface area (Å²) in [6.07, 6.45) is -0.452. The monoisotopic (exact) mass is 478 g/mol. The van der Waals surface area contributed by atoms with Gasteiger partial charge < -0.3 is 14.8 Å². The molecule has 4 aromatic rings. The van der Waals surface area contributed by atoms with Crippen LogP contribution in [0.3, 0.4) is 0 Å². The van der Waals surface area contributed by atoms with Crippen LogP contribution >= 0.6 is 11.8 Å². The molecule has 1 amide bonds. The lowest BCUT2D eigenvalue weighted by Crippen LogP contribution is -2.15. The maximum Gasteiger partial charge on any atom is 0.234 e. The summed E-state index contributed by atoms with van der Waals surface area (Å²) in [7, 11) is 1.59. The molecule has 0 saturated heterocycles. The summed E-state index contributed by atoms with van der Waals surface area (Å²) in [5.74, 6) is 1.29. The van der Waals surface area contributed by atoms with E-state index in [-0.39, 0.29) is 17.5 Å². The van der Waals surface area contributed by atoms with E-state index in [0.717, 1.165) is 5.69 Å². The van der Waals surface area contributed by atoms with Gasteiger partial charge in [0.05, 0.1) is 12.9 Å². The van der Waals surface area contributed by atoms with Crippen molar-refractivity contribution >= 4 is 23.4 Å². The third-order valence-corrected chi connectivity index (χ3v) is 5.80. The first-order valence-electron chi connectivity index (χ1n) is 10.5. The maximum absolute atomic E-state index is 13.1. The summed E-state index contributed by atoms with van der Waals surface area (Å²) in [4.78, 5) is 12.4. The Morgan fingerprint density at radius 2 is 1.68 bits per heavy atom. The van der Waals surface area contributed by atoms with E-state index in [9.17, 15) is 9.18 Å². The first-order chi connectivity index (χ1) is 16.5. The van der Waals surface area contributed by atoms with Crippen LogP contribution in [0.4, 0.5) is 10.1 Å². The number of aromatic nitrogens is 3. The third kappa shape index (κ3) is 5.55. The van der Waals surface area contributed by atoms with E-state index >= 15 is 0 Å². The zero-order valence-corrected chi connectivity index (χ0v) is 19.5. The number of hydrogen-bond donors (Lipinski definition) is 1. The Hall–Kier alpha value is -3.85. The van der Waals surface area contributed by atoms with Crippen LogP contribution in [0, 0.1) is 5.82 Å². The summed E-state index contributed by atoms with van der Waals surface area (Å²) in [5.41, 5.74) is 1.37. The van der Waals surface area contributed by atoms with Crippen molar-refractivity contribution in [1.29, 1.82) is 0 Å². The number of ether oxygens (including phenoxy) is 2. The van der Waals surface area contributed by atoms with Gasteiger partial charge in [0, 0.05) is 11.4 Å². The molecule has 0 aliphatic heterocycles. The van der Waals surface area contributed by atoms with Gasteiger partial charge in [-0.15, -0.1) is 10.2 Å². The molecule has 1 atom stereocenters. The highest BCUT2D eigenvalue weighted by molar-refractivity contribution is 7.99. The second kappa shape index (κ2) is 10.8. The number of rotatable bonds is 9. The van der Waals surface area contributed by atoms with Crippen LogP contribution in [0.1, 0.15) is 18.9 Å². The molecule has 3 aromatic carbocycles. The molecule has 1 aromatic heterocycles. The molecule has 34 heavy (non-hydrogen) atoms. The van der Waals surface area contributed by atoms with Crippen molar-refractivity contribution in [1.82, 2.24) is 14.8 Å². The minimum atomic E-state index is -0.452. The SMILES string of the molecule is COc1ccccc1OC(C)c1nnc(SCC(=O)Nc2ccc(F)cc2)n1-c1ccccc1. The topological polar surface area (TPSA) is 78.3 Å². The van der Waals surface area contributed by atoms with Gasteiger partial charge in [0.1, 0.15) is 5.82 Å². The molecule has 7 nitrogen and oxygen atoms in total. The van der Waals surface area contributed by atoms with Crippen LogP contribution in [-0.2, 0) is 4.79 Å². The smallest absolute Gasteiger partial charge is 0.234 e. The van der Waals surface area contributed by atoms with Gasteiger partial charge in [0.25, 0.3) is 0 Å². The Bertz CT molecular complexity index is 1250. The van der Waals surface area contributed by atoms with Crippen molar-refractivity contribution in [2.75, 3.05) is 18.2 Å². The van der Waals surface area contributed by atoms with Gasteiger partial charge in [-0.1, -0.05) is 42.1 Å². The zero-order valence-electron chi connectivity index (χ0n) is 18.6. The zero-order chi connectivity index (χ0) is 23.9. The number of methoxy groups -OCH3 is 1. The molecule has 0 spiro atoms. The highest BCUT2D eigenvalue weighted by Crippen LogP contribution is 2.32. The fraction of sp³-hybridized carbons (Fsp3) is 0.160. The fourth-order valence-electron chi connectivity index (χ4n) is 3.28. The van der Waals surface area contributed by atoms with Crippen molar-refractivity contribution in [3.8, 4) is 17.2 Å². The van der Waals surface area contributed by atoms with Crippen LogP contribution in [0.15, 0.2) is 84.0 Å². The average Bonchev–Trinajstić information content (AvgIpc) is 3.29. The number of benzene rings is 3. The van der Waals surface area contributed by atoms with Crippen molar-refractivity contribution in [3.05, 3.63) is 90.5 Å². The molecule has 0 saturated carbocycles. The summed E-state index contributed by atoms with van der Waals surface area (Å²) >= 11 is 1.25. The number of anilines is 1. The number of amides is 1. The van der Waals surface area contributed by atoms with Crippen LogP contribution in [-0.4, -0.2) is 33.5 Å². The number of para-hydroxylation sites is 3. The van der Waals surface area contributed by atoms with Gasteiger partial charge in [-0.3, -0.25) is 9.36 Å². The fourth-order valence-corrected chi connectivity index (χ4v) is 4.04. The molecular weight excluding hydrogens is 455 g/mol. The van der Waals surface area contributed by atoms with Gasteiger partial charge in [0.2, 0.25) is 5.91 Å². The number of nitrogens with zero attached hydrogens (tertiary/aromatic N) is 3. The lowest BCUT2D eigenvalue weighted by molar-refractivity contribution is -0.113. The summed E-state index contributed by atoms with van der Waals surface area (Å²) in [6.45, 7) is 1.88. The minimum absolute atomic E-state index is 0.101. The summed E-state index contributed by atoms with van der Waals surface area (Å²) in [6, 6.07) is 22.6. The van der Waals surface area contributed by atoms with Crippen molar-refractivity contribution in [2.24, 2.45) is 0 Å². The molecule has 1 N–H and O–H groups in total. The van der Waals surface area contributed by atoms with E-state index in [1.807, 2.05) is 66.1 Å². The Morgan fingerprint density at radius 3 is 2.38 bits per heavy atom. The number of nitrogens with one attached hydrogen (secondary N) is 1. The second-order valence-corrected chi connectivity index (χ2v) is 8.21. The molecule has 4 rings (SSSR count). The molecular formula is C25H23FN4O3S. The molecule has 0 aliphatic rings. The first kappa shape index (κ1) is 23.3. The van der Waals surface area contributed by atoms with E-state index in [4.69, 9.17) is 9.47 Å². The molecule has 174 valence electrons. The summed E-state index contributed by atoms with van der Waals surface area (Å²) in [5, 5.41) is 12.0. The molecule has 1 heterocycles. The number of carbonyl (C=O) groups excluding carboxylic acids is 1. The van der Waals surface area contributed by atoms with Crippen LogP contribution in [0.5, 0.6) is 11.5 Å². The molecule has 0 fully saturated rings. The lowest BCUT2D eigenvalue weighted by Gasteiger charge is -2.18. The Balaban J connectivity index is 1.54. The minimum Gasteiger partial charge on any atom is -0.493 e. The molecule has 0 aliphatic carbocycles. The molecule has 1 unspecified atom stereocenters. The molecule has 9 heteroatoms. The second-order valence-electron chi connectivity index (χ2n) is 7.27. The highest BCUT2D eigenvalue weighted by Gasteiger charge is 2.22. The normalized spacial score (nSPS) is 11.6. The number of thioether (sulfide) groups is 1. The van der Waals surface area contributed by atoms with E-state index in [1.165, 1.54) is 36.0 Å². The Labute approximate surface area is 200 Å². The van der Waals surface area contributed by atoms with Crippen LogP contribution in [0.25, 0.3) is 5.69 Å². The highest BCUT2D eigenvalue weighted by atomic mass is 32.2. The molecule has 0 bridgehead atoms. The third-order valence-electron chi connectivity index (χ3n) is 4.87. The van der Waals surface area contributed by atoms with Crippen molar-refractivity contribution < 1.29 is 18.7 Å². The molecule has 0 radical (unpaired) electrons. The van der Waals surface area contributed by atoms with E-state index < -0.39 is 6.10 Å². The van der Waals surface area contributed by atoms with Gasteiger partial charge in [-0.2, -0.15) is 0 Å². The first-order valence-corrected chi connectivity index (χ1v) is 11.5. The predicted molar refractivity (Wildman–Crippen MR) is 129 cm³/mol. The van der Waals surface area contributed by atoms with E-state index in [0.29, 0.717) is 28.2 Å². The van der Waals surface area contributed by atoms with Crippen molar-refractivity contribution in [2.45, 2.75) is 18.2 Å². The number of hydrogen-bond acceptors (Lipinski definition) is 6. The van der Waals surface area contributed by atoms with Crippen molar-refractivity contribution in [3.63, 3.8) is 0 Å². The van der Waals surface area contributed by atoms with Crippen LogP contribution < -0.4 is 14.8 Å². The van der Waals surface area contributed by atoms with Gasteiger partial charge in [0.15, 0.2) is 28.6 Å². The van der Waals surface area contributed by atoms with E-state index in [1.54, 1.807) is 7.11 Å².